The number of hydrogen-bond donors (Lipinski definition) is 2. The van der Waals surface area contributed by atoms with Crippen molar-refractivity contribution in [2.24, 2.45) is 11.7 Å². The highest BCUT2D eigenvalue weighted by Crippen LogP contribution is 2.33. The van der Waals surface area contributed by atoms with Gasteiger partial charge >= 0.3 is 6.09 Å². The molecule has 0 aromatic heterocycles. The van der Waals surface area contributed by atoms with Crippen LogP contribution in [0.15, 0.2) is 24.3 Å². The molecule has 2 aliphatic rings. The van der Waals surface area contributed by atoms with E-state index in [0.717, 1.165) is 25.9 Å². The molecule has 0 aliphatic carbocycles. The minimum atomic E-state index is -0.472. The van der Waals surface area contributed by atoms with Crippen LogP contribution in [-0.4, -0.2) is 64.2 Å². The fourth-order valence-electron chi connectivity index (χ4n) is 3.98. The molecule has 0 saturated carbocycles. The molecule has 0 radical (unpaired) electrons. The third kappa shape index (κ3) is 4.93. The molecule has 0 bridgehead atoms. The summed E-state index contributed by atoms with van der Waals surface area (Å²) < 4.78 is 5.44. The highest BCUT2D eigenvalue weighted by Gasteiger charge is 2.41. The number of rotatable bonds is 6. The van der Waals surface area contributed by atoms with Gasteiger partial charge in [-0.05, 0) is 43.0 Å². The van der Waals surface area contributed by atoms with Crippen molar-refractivity contribution in [3.8, 4) is 0 Å². The average molecular weight is 408 g/mol. The first-order chi connectivity index (χ1) is 13.3. The Balaban J connectivity index is 1.57. The van der Waals surface area contributed by atoms with Crippen molar-refractivity contribution in [2.45, 2.75) is 30.7 Å². The Kier molecular flexibility index (Phi) is 6.40. The fraction of sp³-hybridized carbons (Fsp3) is 0.556. The molecule has 2 fully saturated rings. The van der Waals surface area contributed by atoms with E-state index >= 15 is 0 Å². The molecule has 0 spiro atoms. The van der Waals surface area contributed by atoms with E-state index in [2.05, 4.69) is 12.6 Å². The van der Waals surface area contributed by atoms with E-state index in [1.54, 1.807) is 17.0 Å². The summed E-state index contributed by atoms with van der Waals surface area (Å²) in [7, 11) is 0. The SMILES string of the molecule is NC(=O)CN1CCC([C@@H]2C[C@H](S)CN2C(=O)OCc2ccc([N+](=O)[O-])cc2)C1. The summed E-state index contributed by atoms with van der Waals surface area (Å²) >= 11 is 4.54. The van der Waals surface area contributed by atoms with Gasteiger partial charge in [0.15, 0.2) is 0 Å². The number of likely N-dealkylation sites (tertiary alicyclic amines) is 2. The van der Waals surface area contributed by atoms with Crippen LogP contribution in [0.3, 0.4) is 0 Å². The Hall–Kier alpha value is -2.33. The van der Waals surface area contributed by atoms with Crippen LogP contribution in [0, 0.1) is 16.0 Å². The molecule has 2 aliphatic heterocycles. The summed E-state index contributed by atoms with van der Waals surface area (Å²) in [5.74, 6) is -0.0954. The number of hydrogen-bond acceptors (Lipinski definition) is 7. The topological polar surface area (TPSA) is 119 Å². The van der Waals surface area contributed by atoms with Crippen LogP contribution in [0.5, 0.6) is 0 Å². The van der Waals surface area contributed by atoms with E-state index < -0.39 is 11.0 Å². The second-order valence-electron chi connectivity index (χ2n) is 7.34. The maximum Gasteiger partial charge on any atom is 0.410 e. The lowest BCUT2D eigenvalue weighted by atomic mass is 9.97. The van der Waals surface area contributed by atoms with Crippen LogP contribution in [0.1, 0.15) is 18.4 Å². The minimum Gasteiger partial charge on any atom is -0.445 e. The number of benzene rings is 1. The summed E-state index contributed by atoms with van der Waals surface area (Å²) in [4.78, 5) is 37.7. The van der Waals surface area contributed by atoms with Gasteiger partial charge in [0.1, 0.15) is 6.61 Å². The Bertz CT molecular complexity index is 744. The number of non-ortho nitro benzene ring substituents is 1. The van der Waals surface area contributed by atoms with Crippen molar-refractivity contribution in [3.05, 3.63) is 39.9 Å². The smallest absolute Gasteiger partial charge is 0.410 e. The molecule has 2 heterocycles. The van der Waals surface area contributed by atoms with Crippen LogP contribution in [0.2, 0.25) is 0 Å². The molecule has 10 heteroatoms. The molecular weight excluding hydrogens is 384 g/mol. The average Bonchev–Trinajstić information content (AvgIpc) is 3.25. The van der Waals surface area contributed by atoms with E-state index in [1.807, 2.05) is 4.90 Å². The second kappa shape index (κ2) is 8.78. The van der Waals surface area contributed by atoms with E-state index in [9.17, 15) is 19.7 Å². The van der Waals surface area contributed by atoms with Gasteiger partial charge in [-0.25, -0.2) is 4.79 Å². The van der Waals surface area contributed by atoms with Gasteiger partial charge in [-0.1, -0.05) is 0 Å². The normalized spacial score (nSPS) is 25.0. The molecule has 2 N–H and O–H groups in total. The number of ether oxygens (including phenoxy) is 1. The maximum atomic E-state index is 12.6. The van der Waals surface area contributed by atoms with Crippen LogP contribution >= 0.6 is 12.6 Å². The molecule has 152 valence electrons. The third-order valence-electron chi connectivity index (χ3n) is 5.30. The van der Waals surface area contributed by atoms with E-state index in [4.69, 9.17) is 10.5 Å². The van der Waals surface area contributed by atoms with Crippen molar-refractivity contribution < 1.29 is 19.2 Å². The lowest BCUT2D eigenvalue weighted by molar-refractivity contribution is -0.384. The Morgan fingerprint density at radius 1 is 1.29 bits per heavy atom. The third-order valence-corrected chi connectivity index (χ3v) is 5.67. The predicted octanol–water partition coefficient (Wildman–Crippen LogP) is 1.41. The molecule has 1 aromatic carbocycles. The molecule has 2 saturated heterocycles. The van der Waals surface area contributed by atoms with Gasteiger partial charge in [0.2, 0.25) is 5.91 Å². The van der Waals surface area contributed by atoms with Crippen LogP contribution in [-0.2, 0) is 16.1 Å². The first kappa shape index (κ1) is 20.4. The van der Waals surface area contributed by atoms with Crippen molar-refractivity contribution in [1.82, 2.24) is 9.80 Å². The first-order valence-electron chi connectivity index (χ1n) is 9.19. The zero-order valence-electron chi connectivity index (χ0n) is 15.4. The van der Waals surface area contributed by atoms with Crippen molar-refractivity contribution in [2.75, 3.05) is 26.2 Å². The Labute approximate surface area is 168 Å². The summed E-state index contributed by atoms with van der Waals surface area (Å²) in [6.45, 7) is 2.31. The number of nitro groups is 1. The molecule has 3 rings (SSSR count). The zero-order valence-corrected chi connectivity index (χ0v) is 16.3. The highest BCUT2D eigenvalue weighted by atomic mass is 32.1. The maximum absolute atomic E-state index is 12.6. The molecule has 2 amide bonds. The summed E-state index contributed by atoms with van der Waals surface area (Å²) in [5, 5.41) is 10.8. The van der Waals surface area contributed by atoms with Crippen molar-refractivity contribution in [3.63, 3.8) is 0 Å². The highest BCUT2D eigenvalue weighted by molar-refractivity contribution is 7.81. The zero-order chi connectivity index (χ0) is 20.3. The van der Waals surface area contributed by atoms with E-state index in [-0.39, 0.29) is 42.0 Å². The molecule has 1 aromatic rings. The minimum absolute atomic E-state index is 0.00523. The number of thiol groups is 1. The molecule has 28 heavy (non-hydrogen) atoms. The number of nitrogens with zero attached hydrogens (tertiary/aromatic N) is 3. The lowest BCUT2D eigenvalue weighted by Crippen LogP contribution is -2.42. The fourth-order valence-corrected chi connectivity index (χ4v) is 4.37. The van der Waals surface area contributed by atoms with Crippen LogP contribution in [0.4, 0.5) is 10.5 Å². The Morgan fingerprint density at radius 3 is 2.64 bits per heavy atom. The summed E-state index contributed by atoms with van der Waals surface area (Å²) in [6.07, 6.45) is 1.27. The molecule has 9 nitrogen and oxygen atoms in total. The number of primary amides is 1. The number of nitrogens with two attached hydrogens (primary N) is 1. The monoisotopic (exact) mass is 408 g/mol. The van der Waals surface area contributed by atoms with Gasteiger partial charge in [-0.2, -0.15) is 12.6 Å². The summed E-state index contributed by atoms with van der Waals surface area (Å²) in [5.41, 5.74) is 5.96. The number of carbonyl (C=O) groups excluding carboxylic acids is 2. The number of carbonyl (C=O) groups is 2. The van der Waals surface area contributed by atoms with Gasteiger partial charge in [-0.15, -0.1) is 0 Å². The standard InChI is InChI=1S/C18H24N4O5S/c19-17(23)10-20-6-5-13(8-20)16-7-15(28)9-21(16)18(24)27-11-12-1-3-14(4-2-12)22(25)26/h1-4,13,15-16,28H,5-11H2,(H2,19,23)/t13?,15-,16-/m0/s1. The van der Waals surface area contributed by atoms with Gasteiger partial charge in [0, 0.05) is 36.5 Å². The van der Waals surface area contributed by atoms with Gasteiger partial charge in [0.05, 0.1) is 11.5 Å². The lowest BCUT2D eigenvalue weighted by Gasteiger charge is -2.28. The van der Waals surface area contributed by atoms with Crippen molar-refractivity contribution in [1.29, 1.82) is 0 Å². The quantitative estimate of drug-likeness (QED) is 0.417. The van der Waals surface area contributed by atoms with E-state index in [0.29, 0.717) is 12.1 Å². The largest absolute Gasteiger partial charge is 0.445 e. The number of nitro benzene ring substituents is 1. The van der Waals surface area contributed by atoms with E-state index in [1.165, 1.54) is 12.1 Å². The summed E-state index contributed by atoms with van der Waals surface area (Å²) in [6, 6.07) is 5.94. The molecule has 3 atom stereocenters. The second-order valence-corrected chi connectivity index (χ2v) is 8.07. The molecule has 1 unspecified atom stereocenters. The Morgan fingerprint density at radius 2 is 2.00 bits per heavy atom. The van der Waals surface area contributed by atoms with Crippen molar-refractivity contribution >= 4 is 30.3 Å². The van der Waals surface area contributed by atoms with Gasteiger partial charge in [0.25, 0.3) is 5.69 Å². The van der Waals surface area contributed by atoms with Crippen LogP contribution in [0.25, 0.3) is 0 Å². The van der Waals surface area contributed by atoms with Gasteiger partial charge < -0.3 is 15.4 Å². The molecular formula is C18H24N4O5S. The number of amides is 2. The predicted molar refractivity (Wildman–Crippen MR) is 105 cm³/mol. The van der Waals surface area contributed by atoms with Gasteiger partial charge in [-0.3, -0.25) is 19.8 Å². The first-order valence-corrected chi connectivity index (χ1v) is 9.70. The van der Waals surface area contributed by atoms with Crippen LogP contribution < -0.4 is 5.73 Å².